The summed E-state index contributed by atoms with van der Waals surface area (Å²) in [6, 6.07) is 4.74. The summed E-state index contributed by atoms with van der Waals surface area (Å²) >= 11 is 0. The zero-order valence-corrected chi connectivity index (χ0v) is 16.3. The van der Waals surface area contributed by atoms with Crippen molar-refractivity contribution in [3.63, 3.8) is 0 Å². The molecule has 1 aromatic rings. The number of ether oxygens (including phenoxy) is 1. The maximum Gasteiger partial charge on any atom is 0.329 e. The third kappa shape index (κ3) is 3.69. The largest absolute Gasteiger partial charge is 0.454 e. The van der Waals surface area contributed by atoms with Gasteiger partial charge in [-0.25, -0.2) is 4.79 Å². The summed E-state index contributed by atoms with van der Waals surface area (Å²) < 4.78 is 5.08. The van der Waals surface area contributed by atoms with Crippen molar-refractivity contribution in [3.8, 4) is 0 Å². The van der Waals surface area contributed by atoms with Crippen molar-refractivity contribution in [2.75, 3.05) is 11.9 Å². The number of nitrogens with zero attached hydrogens (tertiary/aromatic N) is 1. The Kier molecular flexibility index (Phi) is 5.22. The lowest BCUT2D eigenvalue weighted by Gasteiger charge is -2.21. The van der Waals surface area contributed by atoms with Crippen LogP contribution in [0, 0.1) is 11.8 Å². The van der Waals surface area contributed by atoms with Crippen molar-refractivity contribution in [2.45, 2.75) is 45.1 Å². The molecule has 0 radical (unpaired) electrons. The first-order chi connectivity index (χ1) is 14.0. The van der Waals surface area contributed by atoms with Crippen LogP contribution in [0.2, 0.25) is 0 Å². The normalized spacial score (nSPS) is 23.6. The van der Waals surface area contributed by atoms with Gasteiger partial charge in [-0.1, -0.05) is 18.2 Å². The van der Waals surface area contributed by atoms with Gasteiger partial charge in [-0.05, 0) is 62.3 Å². The standard InChI is InChI=1S/C22H24N2O5/c1-13(24-20(26)17-7-2-3-8-18(17)21(24)27)22(28)29-12-19(25)23-16-10-9-14-5-4-6-15(14)11-16/h2-3,9-11,13,17-18H,4-8,12H2,1H3,(H,23,25)/t13-,17+,18+/m0/s1. The molecule has 0 spiro atoms. The maximum atomic E-state index is 12.6. The number of benzene rings is 1. The highest BCUT2D eigenvalue weighted by atomic mass is 16.5. The Balaban J connectivity index is 1.31. The molecule has 1 aliphatic heterocycles. The number of allylic oxidation sites excluding steroid dienone is 2. The van der Waals surface area contributed by atoms with Crippen LogP contribution in [0.3, 0.4) is 0 Å². The van der Waals surface area contributed by atoms with E-state index in [2.05, 4.69) is 5.32 Å². The lowest BCUT2D eigenvalue weighted by atomic mass is 9.85. The monoisotopic (exact) mass is 396 g/mol. The second-order valence-electron chi connectivity index (χ2n) is 7.87. The third-order valence-electron chi connectivity index (χ3n) is 6.00. The van der Waals surface area contributed by atoms with Gasteiger partial charge in [0.15, 0.2) is 6.61 Å². The summed E-state index contributed by atoms with van der Waals surface area (Å²) in [4.78, 5) is 50.6. The van der Waals surface area contributed by atoms with Gasteiger partial charge in [0.05, 0.1) is 11.8 Å². The van der Waals surface area contributed by atoms with Gasteiger partial charge >= 0.3 is 5.97 Å². The van der Waals surface area contributed by atoms with E-state index < -0.39 is 36.4 Å². The minimum Gasteiger partial charge on any atom is -0.454 e. The average molecular weight is 396 g/mol. The molecule has 0 saturated carbocycles. The first-order valence-electron chi connectivity index (χ1n) is 10.1. The van der Waals surface area contributed by atoms with Crippen molar-refractivity contribution < 1.29 is 23.9 Å². The Morgan fingerprint density at radius 3 is 2.45 bits per heavy atom. The number of carbonyl (C=O) groups excluding carboxylic acids is 4. The van der Waals surface area contributed by atoms with Crippen molar-refractivity contribution in [1.82, 2.24) is 4.90 Å². The molecule has 1 saturated heterocycles. The molecule has 1 N–H and O–H groups in total. The number of aryl methyl sites for hydroxylation is 2. The van der Waals surface area contributed by atoms with E-state index in [1.807, 2.05) is 30.4 Å². The van der Waals surface area contributed by atoms with E-state index in [1.165, 1.54) is 18.1 Å². The van der Waals surface area contributed by atoms with Crippen molar-refractivity contribution in [3.05, 3.63) is 41.5 Å². The molecule has 29 heavy (non-hydrogen) atoms. The number of anilines is 1. The fourth-order valence-electron chi connectivity index (χ4n) is 4.42. The van der Waals surface area contributed by atoms with Crippen LogP contribution in [0.4, 0.5) is 5.69 Å². The van der Waals surface area contributed by atoms with Crippen molar-refractivity contribution in [2.24, 2.45) is 11.8 Å². The van der Waals surface area contributed by atoms with Gasteiger partial charge < -0.3 is 10.1 Å². The molecule has 0 unspecified atom stereocenters. The number of nitrogens with one attached hydrogen (secondary N) is 1. The van der Waals surface area contributed by atoms with E-state index in [1.54, 1.807) is 0 Å². The number of fused-ring (bicyclic) bond motifs is 2. The Morgan fingerprint density at radius 2 is 1.76 bits per heavy atom. The summed E-state index contributed by atoms with van der Waals surface area (Å²) in [5, 5.41) is 2.72. The predicted octanol–water partition coefficient (Wildman–Crippen LogP) is 2.00. The number of hydrogen-bond donors (Lipinski definition) is 1. The molecule has 152 valence electrons. The first-order valence-corrected chi connectivity index (χ1v) is 10.1. The average Bonchev–Trinajstić information content (AvgIpc) is 3.28. The van der Waals surface area contributed by atoms with E-state index in [-0.39, 0.29) is 11.8 Å². The summed E-state index contributed by atoms with van der Waals surface area (Å²) in [6.07, 6.45) is 7.98. The van der Waals surface area contributed by atoms with Crippen molar-refractivity contribution >= 4 is 29.4 Å². The van der Waals surface area contributed by atoms with Crippen LogP contribution in [0.25, 0.3) is 0 Å². The molecule has 7 nitrogen and oxygen atoms in total. The third-order valence-corrected chi connectivity index (χ3v) is 6.00. The molecule has 3 aliphatic rings. The lowest BCUT2D eigenvalue weighted by molar-refractivity contribution is -0.159. The van der Waals surface area contributed by atoms with E-state index in [0.29, 0.717) is 18.5 Å². The zero-order valence-electron chi connectivity index (χ0n) is 16.3. The van der Waals surface area contributed by atoms with Crippen LogP contribution < -0.4 is 5.32 Å². The van der Waals surface area contributed by atoms with Gasteiger partial charge in [-0.15, -0.1) is 0 Å². The van der Waals surface area contributed by atoms with E-state index in [9.17, 15) is 19.2 Å². The topological polar surface area (TPSA) is 92.8 Å². The summed E-state index contributed by atoms with van der Waals surface area (Å²) in [7, 11) is 0. The lowest BCUT2D eigenvalue weighted by Crippen LogP contribution is -2.45. The maximum absolute atomic E-state index is 12.6. The Hall–Kier alpha value is -2.96. The van der Waals surface area contributed by atoms with Gasteiger partial charge in [0.2, 0.25) is 11.8 Å². The molecule has 0 bridgehead atoms. The van der Waals surface area contributed by atoms with Gasteiger partial charge in [0, 0.05) is 5.69 Å². The summed E-state index contributed by atoms with van der Waals surface area (Å²) in [5.41, 5.74) is 3.20. The molecule has 0 aromatic heterocycles. The molecule has 2 aliphatic carbocycles. The second-order valence-corrected chi connectivity index (χ2v) is 7.87. The highest BCUT2D eigenvalue weighted by Gasteiger charge is 2.50. The summed E-state index contributed by atoms with van der Waals surface area (Å²) in [6.45, 7) is 0.992. The molecule has 1 heterocycles. The smallest absolute Gasteiger partial charge is 0.329 e. The summed E-state index contributed by atoms with van der Waals surface area (Å²) in [5.74, 6) is -2.69. The van der Waals surface area contributed by atoms with Gasteiger partial charge in [0.25, 0.3) is 5.91 Å². The van der Waals surface area contributed by atoms with Gasteiger partial charge in [-0.3, -0.25) is 19.3 Å². The van der Waals surface area contributed by atoms with Crippen LogP contribution in [-0.2, 0) is 36.8 Å². The molecule has 1 aromatic carbocycles. The second kappa shape index (κ2) is 7.81. The number of amides is 3. The minimum atomic E-state index is -1.05. The van der Waals surface area contributed by atoms with Crippen LogP contribution in [0.15, 0.2) is 30.4 Å². The van der Waals surface area contributed by atoms with Crippen molar-refractivity contribution in [1.29, 1.82) is 0 Å². The van der Waals surface area contributed by atoms with E-state index in [0.717, 1.165) is 24.2 Å². The number of esters is 1. The fourth-order valence-corrected chi connectivity index (χ4v) is 4.42. The van der Waals surface area contributed by atoms with Gasteiger partial charge in [0.1, 0.15) is 6.04 Å². The van der Waals surface area contributed by atoms with Crippen LogP contribution in [0.1, 0.15) is 37.3 Å². The Labute approximate surface area is 169 Å². The molecule has 1 fully saturated rings. The predicted molar refractivity (Wildman–Crippen MR) is 105 cm³/mol. The first kappa shape index (κ1) is 19.4. The number of rotatable bonds is 5. The molecule has 4 rings (SSSR count). The number of hydrogen-bond acceptors (Lipinski definition) is 5. The highest BCUT2D eigenvalue weighted by molar-refractivity contribution is 6.08. The van der Waals surface area contributed by atoms with Crippen LogP contribution in [0.5, 0.6) is 0 Å². The SMILES string of the molecule is C[C@@H](C(=O)OCC(=O)Nc1ccc2c(c1)CCC2)N1C(=O)[C@@H]2CC=CC[C@H]2C1=O. The van der Waals surface area contributed by atoms with E-state index >= 15 is 0 Å². The van der Waals surface area contributed by atoms with Gasteiger partial charge in [-0.2, -0.15) is 0 Å². The molecule has 3 amide bonds. The fraction of sp³-hybridized carbons (Fsp3) is 0.455. The quantitative estimate of drug-likeness (QED) is 0.467. The number of carbonyl (C=O) groups is 4. The molecular weight excluding hydrogens is 372 g/mol. The van der Waals surface area contributed by atoms with E-state index in [4.69, 9.17) is 4.74 Å². The molecule has 7 heteroatoms. The van der Waals surface area contributed by atoms with Crippen LogP contribution >= 0.6 is 0 Å². The molecular formula is C22H24N2O5. The van der Waals surface area contributed by atoms with Crippen LogP contribution in [-0.4, -0.2) is 41.2 Å². The number of imide groups is 1. The number of likely N-dealkylation sites (tertiary alicyclic amines) is 1. The Bertz CT molecular complexity index is 880. The molecule has 3 atom stereocenters. The Morgan fingerprint density at radius 1 is 1.10 bits per heavy atom. The zero-order chi connectivity index (χ0) is 20.5. The highest BCUT2D eigenvalue weighted by Crippen LogP contribution is 2.36. The minimum absolute atomic E-state index is 0.337.